The summed E-state index contributed by atoms with van der Waals surface area (Å²) in [6, 6.07) is 5.60. The van der Waals surface area contributed by atoms with Gasteiger partial charge in [0.2, 0.25) is 0 Å². The van der Waals surface area contributed by atoms with E-state index in [0.717, 1.165) is 40.5 Å². The van der Waals surface area contributed by atoms with Crippen LogP contribution in [0.5, 0.6) is 0 Å². The zero-order valence-corrected chi connectivity index (χ0v) is 11.0. The minimum Gasteiger partial charge on any atom is -0.312 e. The van der Waals surface area contributed by atoms with E-state index in [0.29, 0.717) is 0 Å². The SMILES string of the molecule is CC(CNCc1cc(Cl)ccc1Cl)C1CC1. The normalized spacial score (nSPS) is 17.4. The molecule has 0 aromatic heterocycles. The minimum absolute atomic E-state index is 0.747. The highest BCUT2D eigenvalue weighted by molar-refractivity contribution is 6.33. The molecule has 1 aliphatic carbocycles. The fourth-order valence-corrected chi connectivity index (χ4v) is 2.32. The third-order valence-electron chi connectivity index (χ3n) is 3.22. The molecular formula is C13H17Cl2N. The van der Waals surface area contributed by atoms with Crippen LogP contribution in [0.2, 0.25) is 10.0 Å². The number of halogens is 2. The zero-order valence-electron chi connectivity index (χ0n) is 9.47. The van der Waals surface area contributed by atoms with Crippen molar-refractivity contribution in [3.63, 3.8) is 0 Å². The number of rotatable bonds is 5. The van der Waals surface area contributed by atoms with E-state index >= 15 is 0 Å². The highest BCUT2D eigenvalue weighted by Crippen LogP contribution is 2.36. The summed E-state index contributed by atoms with van der Waals surface area (Å²) in [6.07, 6.45) is 2.81. The lowest BCUT2D eigenvalue weighted by molar-refractivity contribution is 0.461. The molecule has 1 aromatic rings. The van der Waals surface area contributed by atoms with Gasteiger partial charge in [0, 0.05) is 16.6 Å². The standard InChI is InChI=1S/C13H17Cl2N/c1-9(10-2-3-10)7-16-8-11-6-12(14)4-5-13(11)15/h4-6,9-10,16H,2-3,7-8H2,1H3. The molecule has 1 aromatic carbocycles. The fraction of sp³-hybridized carbons (Fsp3) is 0.538. The van der Waals surface area contributed by atoms with Crippen molar-refractivity contribution in [1.82, 2.24) is 5.32 Å². The summed E-state index contributed by atoms with van der Waals surface area (Å²) >= 11 is 12.0. The molecule has 0 bridgehead atoms. The molecule has 0 amide bonds. The first-order chi connectivity index (χ1) is 7.66. The average molecular weight is 258 g/mol. The summed E-state index contributed by atoms with van der Waals surface area (Å²) in [7, 11) is 0. The summed E-state index contributed by atoms with van der Waals surface area (Å²) in [5, 5.41) is 4.98. The highest BCUT2D eigenvalue weighted by Gasteiger charge is 2.27. The van der Waals surface area contributed by atoms with Crippen LogP contribution in [0.3, 0.4) is 0 Å². The van der Waals surface area contributed by atoms with Gasteiger partial charge < -0.3 is 5.32 Å². The molecule has 0 heterocycles. The molecule has 2 rings (SSSR count). The second-order valence-corrected chi connectivity index (χ2v) is 5.52. The van der Waals surface area contributed by atoms with Crippen LogP contribution in [0.15, 0.2) is 18.2 Å². The van der Waals surface area contributed by atoms with Crippen molar-refractivity contribution in [3.8, 4) is 0 Å². The number of nitrogens with one attached hydrogen (secondary N) is 1. The van der Waals surface area contributed by atoms with Gasteiger partial charge in [0.25, 0.3) is 0 Å². The number of hydrogen-bond donors (Lipinski definition) is 1. The van der Waals surface area contributed by atoms with Crippen molar-refractivity contribution in [3.05, 3.63) is 33.8 Å². The maximum atomic E-state index is 6.09. The van der Waals surface area contributed by atoms with Crippen molar-refractivity contribution in [2.75, 3.05) is 6.54 Å². The zero-order chi connectivity index (χ0) is 11.5. The Morgan fingerprint density at radius 1 is 1.38 bits per heavy atom. The lowest BCUT2D eigenvalue weighted by Crippen LogP contribution is -2.21. The Morgan fingerprint density at radius 3 is 2.81 bits per heavy atom. The second kappa shape index (κ2) is 5.39. The maximum Gasteiger partial charge on any atom is 0.0451 e. The van der Waals surface area contributed by atoms with Gasteiger partial charge in [-0.1, -0.05) is 30.1 Å². The number of benzene rings is 1. The minimum atomic E-state index is 0.747. The molecule has 1 N–H and O–H groups in total. The summed E-state index contributed by atoms with van der Waals surface area (Å²) in [5.74, 6) is 1.72. The van der Waals surface area contributed by atoms with Gasteiger partial charge in [-0.05, 0) is 55.0 Å². The van der Waals surface area contributed by atoms with Gasteiger partial charge in [0.05, 0.1) is 0 Å². The molecule has 0 aliphatic heterocycles. The first-order valence-electron chi connectivity index (χ1n) is 5.81. The molecule has 1 atom stereocenters. The molecule has 16 heavy (non-hydrogen) atoms. The van der Waals surface area contributed by atoms with Crippen molar-refractivity contribution >= 4 is 23.2 Å². The molecule has 0 radical (unpaired) electrons. The van der Waals surface area contributed by atoms with E-state index in [2.05, 4.69) is 12.2 Å². The quantitative estimate of drug-likeness (QED) is 0.837. The van der Waals surface area contributed by atoms with E-state index in [-0.39, 0.29) is 0 Å². The van der Waals surface area contributed by atoms with Gasteiger partial charge in [-0.3, -0.25) is 0 Å². The molecule has 1 fully saturated rings. The van der Waals surface area contributed by atoms with Gasteiger partial charge in [0.15, 0.2) is 0 Å². The summed E-state index contributed by atoms with van der Waals surface area (Å²) in [4.78, 5) is 0. The summed E-state index contributed by atoms with van der Waals surface area (Å²) < 4.78 is 0. The molecule has 1 aliphatic rings. The van der Waals surface area contributed by atoms with Crippen LogP contribution >= 0.6 is 23.2 Å². The van der Waals surface area contributed by atoms with Gasteiger partial charge >= 0.3 is 0 Å². The average Bonchev–Trinajstić information content (AvgIpc) is 3.06. The van der Waals surface area contributed by atoms with Crippen LogP contribution in [0, 0.1) is 11.8 Å². The van der Waals surface area contributed by atoms with Crippen LogP contribution < -0.4 is 5.32 Å². The monoisotopic (exact) mass is 257 g/mol. The predicted molar refractivity (Wildman–Crippen MR) is 70.1 cm³/mol. The van der Waals surface area contributed by atoms with E-state index in [1.807, 2.05) is 18.2 Å². The molecule has 1 unspecified atom stereocenters. The van der Waals surface area contributed by atoms with E-state index < -0.39 is 0 Å². The van der Waals surface area contributed by atoms with Crippen molar-refractivity contribution in [2.24, 2.45) is 11.8 Å². The van der Waals surface area contributed by atoms with Crippen LogP contribution in [0.25, 0.3) is 0 Å². The highest BCUT2D eigenvalue weighted by atomic mass is 35.5. The molecule has 3 heteroatoms. The lowest BCUT2D eigenvalue weighted by Gasteiger charge is -2.12. The smallest absolute Gasteiger partial charge is 0.0451 e. The van der Waals surface area contributed by atoms with Gasteiger partial charge in [-0.15, -0.1) is 0 Å². The molecular weight excluding hydrogens is 241 g/mol. The van der Waals surface area contributed by atoms with E-state index in [1.165, 1.54) is 12.8 Å². The van der Waals surface area contributed by atoms with Gasteiger partial charge in [-0.25, -0.2) is 0 Å². The Kier molecular flexibility index (Phi) is 4.12. The Morgan fingerprint density at radius 2 is 2.12 bits per heavy atom. The van der Waals surface area contributed by atoms with Crippen molar-refractivity contribution in [2.45, 2.75) is 26.3 Å². The Balaban J connectivity index is 1.81. The Bertz CT molecular complexity index is 361. The molecule has 0 spiro atoms. The summed E-state index contributed by atoms with van der Waals surface area (Å²) in [5.41, 5.74) is 1.08. The first kappa shape index (κ1) is 12.2. The van der Waals surface area contributed by atoms with Crippen LogP contribution in [-0.4, -0.2) is 6.54 Å². The largest absolute Gasteiger partial charge is 0.312 e. The van der Waals surface area contributed by atoms with E-state index in [9.17, 15) is 0 Å². The van der Waals surface area contributed by atoms with Crippen molar-refractivity contribution < 1.29 is 0 Å². The first-order valence-corrected chi connectivity index (χ1v) is 6.57. The third-order valence-corrected chi connectivity index (χ3v) is 3.82. The van der Waals surface area contributed by atoms with Crippen LogP contribution in [0.1, 0.15) is 25.3 Å². The van der Waals surface area contributed by atoms with Gasteiger partial charge in [-0.2, -0.15) is 0 Å². The Hall–Kier alpha value is -0.240. The lowest BCUT2D eigenvalue weighted by atomic mass is 10.1. The Labute approximate surface area is 107 Å². The maximum absolute atomic E-state index is 6.09. The molecule has 1 nitrogen and oxygen atoms in total. The molecule has 1 saturated carbocycles. The molecule has 0 saturated heterocycles. The van der Waals surface area contributed by atoms with Gasteiger partial charge in [0.1, 0.15) is 0 Å². The van der Waals surface area contributed by atoms with Crippen LogP contribution in [-0.2, 0) is 6.54 Å². The van der Waals surface area contributed by atoms with E-state index in [1.54, 1.807) is 0 Å². The summed E-state index contributed by atoms with van der Waals surface area (Å²) in [6.45, 7) is 4.17. The van der Waals surface area contributed by atoms with E-state index in [4.69, 9.17) is 23.2 Å². The van der Waals surface area contributed by atoms with Crippen LogP contribution in [0.4, 0.5) is 0 Å². The predicted octanol–water partition coefficient (Wildman–Crippen LogP) is 4.13. The third kappa shape index (κ3) is 3.38. The topological polar surface area (TPSA) is 12.0 Å². The number of hydrogen-bond acceptors (Lipinski definition) is 1. The molecule has 88 valence electrons. The van der Waals surface area contributed by atoms with Crippen molar-refractivity contribution in [1.29, 1.82) is 0 Å². The second-order valence-electron chi connectivity index (χ2n) is 4.68. The fourth-order valence-electron chi connectivity index (χ4n) is 1.95.